The van der Waals surface area contributed by atoms with Crippen molar-refractivity contribution in [1.82, 2.24) is 4.98 Å². The van der Waals surface area contributed by atoms with Crippen molar-refractivity contribution in [2.24, 2.45) is 10.9 Å². The average Bonchev–Trinajstić information content (AvgIpc) is 3.67. The first kappa shape index (κ1) is 27.7. The van der Waals surface area contributed by atoms with Gasteiger partial charge in [0.2, 0.25) is 5.88 Å². The number of benzene rings is 2. The van der Waals surface area contributed by atoms with Gasteiger partial charge < -0.3 is 14.7 Å². The predicted molar refractivity (Wildman–Crippen MR) is 148 cm³/mol. The van der Waals surface area contributed by atoms with Crippen LogP contribution in [0, 0.1) is 12.8 Å². The number of rotatable bonds is 9. The van der Waals surface area contributed by atoms with Crippen molar-refractivity contribution in [2.75, 3.05) is 25.1 Å². The van der Waals surface area contributed by atoms with Gasteiger partial charge in [0.25, 0.3) is 0 Å². The number of ether oxygens (including phenoxy) is 1. The van der Waals surface area contributed by atoms with Gasteiger partial charge in [-0.15, -0.1) is 0 Å². The van der Waals surface area contributed by atoms with E-state index in [-0.39, 0.29) is 30.3 Å². The molecule has 0 bridgehead atoms. The molecule has 5 rings (SSSR count). The molecule has 0 spiro atoms. The number of halogens is 4. The highest BCUT2D eigenvalue weighted by Crippen LogP contribution is 2.42. The molecule has 2 heterocycles. The maximum absolute atomic E-state index is 14.1. The molecule has 1 aliphatic heterocycles. The van der Waals surface area contributed by atoms with Crippen LogP contribution in [0.2, 0.25) is 5.02 Å². The van der Waals surface area contributed by atoms with E-state index in [1.807, 2.05) is 19.1 Å². The number of aromatic nitrogens is 1. The van der Waals surface area contributed by atoms with E-state index in [9.17, 15) is 23.1 Å². The van der Waals surface area contributed by atoms with Gasteiger partial charge in [0.05, 0.1) is 28.5 Å². The van der Waals surface area contributed by atoms with Gasteiger partial charge in [-0.05, 0) is 66.6 Å². The number of carboxylic acid groups (broad SMARTS) is 1. The van der Waals surface area contributed by atoms with Crippen LogP contribution in [-0.4, -0.2) is 42.0 Å². The van der Waals surface area contributed by atoms with Crippen LogP contribution in [0.5, 0.6) is 5.88 Å². The van der Waals surface area contributed by atoms with Gasteiger partial charge in [-0.2, -0.15) is 13.2 Å². The molecule has 0 saturated heterocycles. The minimum Gasteiger partial charge on any atom is -0.478 e. The molecule has 1 N–H and O–H groups in total. The van der Waals surface area contributed by atoms with Crippen molar-refractivity contribution < 1.29 is 27.8 Å². The normalized spacial score (nSPS) is 15.3. The van der Waals surface area contributed by atoms with Crippen LogP contribution in [0.25, 0.3) is 0 Å². The molecule has 6 nitrogen and oxygen atoms in total. The van der Waals surface area contributed by atoms with E-state index in [1.54, 1.807) is 18.2 Å². The SMILES string of the molecule is Cc1cccc(Cl)c1C1=NCC(C2CC2)=C1COc1ccc(N(C)Cc2cccc(C(=O)O)c2)c(C(F)(F)F)n1. The van der Waals surface area contributed by atoms with Crippen molar-refractivity contribution in [3.63, 3.8) is 0 Å². The van der Waals surface area contributed by atoms with E-state index in [4.69, 9.17) is 21.3 Å². The largest absolute Gasteiger partial charge is 0.478 e. The quantitative estimate of drug-likeness (QED) is 0.301. The molecule has 1 fully saturated rings. The zero-order valence-electron chi connectivity index (χ0n) is 21.9. The Morgan fingerprint density at radius 2 is 1.90 bits per heavy atom. The highest BCUT2D eigenvalue weighted by molar-refractivity contribution is 6.36. The smallest absolute Gasteiger partial charge is 0.435 e. The Morgan fingerprint density at radius 3 is 2.58 bits per heavy atom. The van der Waals surface area contributed by atoms with Gasteiger partial charge in [0.15, 0.2) is 5.69 Å². The van der Waals surface area contributed by atoms with E-state index in [0.29, 0.717) is 23.0 Å². The summed E-state index contributed by atoms with van der Waals surface area (Å²) < 4.78 is 48.2. The molecule has 2 aliphatic rings. The maximum Gasteiger partial charge on any atom is 0.435 e. The lowest BCUT2D eigenvalue weighted by Crippen LogP contribution is -2.22. The average molecular weight is 570 g/mol. The first-order valence-electron chi connectivity index (χ1n) is 12.8. The number of carbonyl (C=O) groups is 1. The van der Waals surface area contributed by atoms with Crippen molar-refractivity contribution in [1.29, 1.82) is 0 Å². The molecular formula is C30H27ClF3N3O3. The van der Waals surface area contributed by atoms with Gasteiger partial charge in [0, 0.05) is 30.8 Å². The first-order chi connectivity index (χ1) is 19.0. The van der Waals surface area contributed by atoms with Crippen molar-refractivity contribution >= 4 is 29.0 Å². The van der Waals surface area contributed by atoms with Crippen LogP contribution in [0.1, 0.15) is 45.6 Å². The monoisotopic (exact) mass is 569 g/mol. The molecule has 0 atom stereocenters. The van der Waals surface area contributed by atoms with Crippen LogP contribution in [-0.2, 0) is 12.7 Å². The second-order valence-electron chi connectivity index (χ2n) is 10.0. The van der Waals surface area contributed by atoms with E-state index < -0.39 is 17.8 Å². The van der Waals surface area contributed by atoms with Crippen molar-refractivity contribution in [3.8, 4) is 5.88 Å². The number of aliphatic imine (C=N–C) groups is 1. The van der Waals surface area contributed by atoms with Gasteiger partial charge in [0.1, 0.15) is 6.61 Å². The number of aryl methyl sites for hydroxylation is 1. The third kappa shape index (κ3) is 5.84. The van der Waals surface area contributed by atoms with Gasteiger partial charge in [-0.25, -0.2) is 9.78 Å². The number of hydrogen-bond acceptors (Lipinski definition) is 5. The standard InChI is InChI=1S/C30H27ClF3N3O3/c1-17-5-3-8-23(31)26(17)27-22(21(14-35-27)19-9-10-19)16-40-25-12-11-24(28(36-25)30(32,33)34)37(2)15-18-6-4-7-20(13-18)29(38)39/h3-8,11-13,19H,9-10,14-16H2,1-2H3,(H,38,39). The summed E-state index contributed by atoms with van der Waals surface area (Å²) in [7, 11) is 1.50. The number of pyridine rings is 1. The number of anilines is 1. The number of nitrogens with zero attached hydrogens (tertiary/aromatic N) is 3. The molecule has 208 valence electrons. The Hall–Kier alpha value is -3.85. The fourth-order valence-corrected chi connectivity index (χ4v) is 5.29. The molecule has 40 heavy (non-hydrogen) atoms. The molecule has 1 saturated carbocycles. The minimum atomic E-state index is -4.74. The van der Waals surface area contributed by atoms with Crippen LogP contribution >= 0.6 is 11.6 Å². The fourth-order valence-electron chi connectivity index (χ4n) is 4.98. The summed E-state index contributed by atoms with van der Waals surface area (Å²) in [6.07, 6.45) is -2.63. The highest BCUT2D eigenvalue weighted by atomic mass is 35.5. The molecule has 0 unspecified atom stereocenters. The van der Waals surface area contributed by atoms with Gasteiger partial charge in [-0.3, -0.25) is 4.99 Å². The molecule has 0 amide bonds. The second kappa shape index (κ2) is 11.0. The zero-order valence-corrected chi connectivity index (χ0v) is 22.7. The Balaban J connectivity index is 1.40. The summed E-state index contributed by atoms with van der Waals surface area (Å²) in [5.74, 6) is -0.858. The summed E-state index contributed by atoms with van der Waals surface area (Å²) in [6.45, 7) is 2.55. The Morgan fingerprint density at radius 1 is 1.15 bits per heavy atom. The molecule has 0 radical (unpaired) electrons. The summed E-state index contributed by atoms with van der Waals surface area (Å²) in [4.78, 5) is 21.3. The van der Waals surface area contributed by atoms with Crippen molar-refractivity contribution in [2.45, 2.75) is 32.5 Å². The summed E-state index contributed by atoms with van der Waals surface area (Å²) in [6, 6.07) is 14.4. The van der Waals surface area contributed by atoms with E-state index in [0.717, 1.165) is 40.8 Å². The van der Waals surface area contributed by atoms with Crippen LogP contribution < -0.4 is 9.64 Å². The van der Waals surface area contributed by atoms with E-state index in [2.05, 4.69) is 4.98 Å². The highest BCUT2D eigenvalue weighted by Gasteiger charge is 2.38. The minimum absolute atomic E-state index is 0.0246. The molecule has 10 heteroatoms. The topological polar surface area (TPSA) is 75.0 Å². The summed E-state index contributed by atoms with van der Waals surface area (Å²) >= 11 is 6.52. The van der Waals surface area contributed by atoms with Gasteiger partial charge >= 0.3 is 12.1 Å². The van der Waals surface area contributed by atoms with Crippen LogP contribution in [0.4, 0.5) is 18.9 Å². The number of alkyl halides is 3. The number of aromatic carboxylic acids is 1. The predicted octanol–water partition coefficient (Wildman–Crippen LogP) is 6.99. The Bertz CT molecular complexity index is 1510. The molecule has 1 aromatic heterocycles. The van der Waals surface area contributed by atoms with Crippen molar-refractivity contribution in [3.05, 3.63) is 98.7 Å². The Kier molecular flexibility index (Phi) is 7.59. The fraction of sp³-hybridized carbons (Fsp3) is 0.300. The maximum atomic E-state index is 14.1. The first-order valence-corrected chi connectivity index (χ1v) is 13.2. The summed E-state index contributed by atoms with van der Waals surface area (Å²) in [5, 5.41) is 9.79. The Labute approximate surface area is 234 Å². The summed E-state index contributed by atoms with van der Waals surface area (Å²) in [5.41, 5.74) is 3.88. The number of carboxylic acids is 1. The van der Waals surface area contributed by atoms with Gasteiger partial charge in [-0.1, -0.05) is 35.9 Å². The lowest BCUT2D eigenvalue weighted by molar-refractivity contribution is -0.140. The lowest BCUT2D eigenvalue weighted by atomic mass is 9.95. The zero-order chi connectivity index (χ0) is 28.6. The van der Waals surface area contributed by atoms with E-state index >= 15 is 0 Å². The molecule has 2 aromatic carbocycles. The van der Waals surface area contributed by atoms with Crippen LogP contribution in [0.3, 0.4) is 0 Å². The third-order valence-corrected chi connectivity index (χ3v) is 7.41. The third-order valence-electron chi connectivity index (χ3n) is 7.10. The molecule has 3 aromatic rings. The number of hydrogen-bond donors (Lipinski definition) is 1. The molecule has 1 aliphatic carbocycles. The van der Waals surface area contributed by atoms with E-state index in [1.165, 1.54) is 36.2 Å². The lowest BCUT2D eigenvalue weighted by Gasteiger charge is -2.23. The molecular weight excluding hydrogens is 543 g/mol. The van der Waals surface area contributed by atoms with Crippen LogP contribution in [0.15, 0.2) is 70.7 Å². The second-order valence-corrected chi connectivity index (χ2v) is 10.4.